The molecule has 0 radical (unpaired) electrons. The van der Waals surface area contributed by atoms with Crippen LogP contribution in [0.4, 0.5) is 11.4 Å². The van der Waals surface area contributed by atoms with E-state index >= 15 is 0 Å². The molecule has 5 heterocycles. The first-order valence-corrected chi connectivity index (χ1v) is 23.2. The highest BCUT2D eigenvalue weighted by Crippen LogP contribution is 2.46. The van der Waals surface area contributed by atoms with Crippen LogP contribution >= 0.6 is 0 Å². The average Bonchev–Trinajstić information content (AvgIpc) is 4.17. The second-order valence-electron chi connectivity index (χ2n) is 19.8. The van der Waals surface area contributed by atoms with Crippen molar-refractivity contribution in [1.82, 2.24) is 35.6 Å². The Hall–Kier alpha value is -7.07. The fraction of sp³-hybridized carbons (Fsp3) is 0.415. The second kappa shape index (κ2) is 19.6. The molecule has 9 rings (SSSR count). The number of anilines is 2. The predicted octanol–water partition coefficient (Wildman–Crippen LogP) is 8.82. The van der Waals surface area contributed by atoms with Gasteiger partial charge in [-0.05, 0) is 128 Å². The number of carboxylic acids is 1. The highest BCUT2D eigenvalue weighted by Gasteiger charge is 2.43. The summed E-state index contributed by atoms with van der Waals surface area (Å²) in [6, 6.07) is 13.4. The predicted molar refractivity (Wildman–Crippen MR) is 260 cm³/mol. The third kappa shape index (κ3) is 10.1. The smallest absolute Gasteiger partial charge is 0.314 e. The van der Waals surface area contributed by atoms with Crippen LogP contribution in [-0.4, -0.2) is 84.9 Å². The van der Waals surface area contributed by atoms with E-state index in [-0.39, 0.29) is 28.5 Å². The normalized spacial score (nSPS) is 19.1. The summed E-state index contributed by atoms with van der Waals surface area (Å²) >= 11 is 0. The van der Waals surface area contributed by atoms with Crippen LogP contribution in [0.5, 0.6) is 0 Å². The Bertz CT molecular complexity index is 2820. The summed E-state index contributed by atoms with van der Waals surface area (Å²) in [5.41, 5.74) is 8.04. The first-order valence-electron chi connectivity index (χ1n) is 23.2. The molecule has 2 aliphatic heterocycles. The number of aliphatic carboxylic acids is 1. The van der Waals surface area contributed by atoms with E-state index in [2.05, 4.69) is 104 Å². The zero-order valence-electron chi connectivity index (χ0n) is 39.2. The van der Waals surface area contributed by atoms with Gasteiger partial charge in [0, 0.05) is 60.7 Å². The lowest BCUT2D eigenvalue weighted by Gasteiger charge is -2.36. The number of H-pyrrole nitrogens is 3. The van der Waals surface area contributed by atoms with E-state index in [0.29, 0.717) is 67.7 Å². The Morgan fingerprint density at radius 2 is 1.34 bits per heavy atom. The van der Waals surface area contributed by atoms with Crippen molar-refractivity contribution in [2.75, 3.05) is 37.1 Å². The molecule has 0 spiro atoms. The molecular formula is C53H59N9O6. The topological polar surface area (TPSA) is 213 Å². The number of aromatic amines is 3. The van der Waals surface area contributed by atoms with Gasteiger partial charge < -0.3 is 35.2 Å². The van der Waals surface area contributed by atoms with Gasteiger partial charge in [-0.2, -0.15) is 5.21 Å². The quantitative estimate of drug-likeness (QED) is 0.0733. The fourth-order valence-electron chi connectivity index (χ4n) is 9.64. The molecule has 5 aromatic rings. The Morgan fingerprint density at radius 1 is 0.750 bits per heavy atom. The number of ether oxygens (including phenoxy) is 2. The van der Waals surface area contributed by atoms with Crippen molar-refractivity contribution in [3.05, 3.63) is 118 Å². The molecule has 0 saturated carbocycles. The van der Waals surface area contributed by atoms with Gasteiger partial charge in [-0.25, -0.2) is 4.98 Å². The van der Waals surface area contributed by atoms with Crippen molar-refractivity contribution in [2.45, 2.75) is 103 Å². The molecular weight excluding hydrogens is 859 g/mol. The number of imidazole rings is 1. The molecule has 0 atom stereocenters. The van der Waals surface area contributed by atoms with E-state index < -0.39 is 16.8 Å². The van der Waals surface area contributed by atoms with Crippen molar-refractivity contribution in [1.29, 1.82) is 0 Å². The van der Waals surface area contributed by atoms with Crippen LogP contribution in [0.25, 0.3) is 11.1 Å². The zero-order valence-corrected chi connectivity index (χ0v) is 39.2. The van der Waals surface area contributed by atoms with Gasteiger partial charge in [0.2, 0.25) is 0 Å². The number of benzene rings is 2. The van der Waals surface area contributed by atoms with Gasteiger partial charge in [0.25, 0.3) is 11.8 Å². The number of carbonyl (C=O) groups excluding carboxylic acids is 2. The lowest BCUT2D eigenvalue weighted by atomic mass is 9.72. The van der Waals surface area contributed by atoms with Crippen molar-refractivity contribution in [3.63, 3.8) is 0 Å². The molecule has 0 bridgehead atoms. The SMILES string of the molecule is C#Cc1c[nH]c(C(=O)Nc2ccc(C3(C(=O)O)CCOCC3)cc2C2=CCC(C)(C)CC2)c1.C#Cc1cnc(C(=O)Nc2ccc(C3(c4nn[nH]n4)CCOCC3)cc2C2=CCC(C)(C)CC2)[nH]1. The molecule has 2 aliphatic carbocycles. The lowest BCUT2D eigenvalue weighted by molar-refractivity contribution is -0.147. The molecule has 2 saturated heterocycles. The van der Waals surface area contributed by atoms with Crippen LogP contribution in [-0.2, 0) is 25.1 Å². The first-order chi connectivity index (χ1) is 32.6. The minimum Gasteiger partial charge on any atom is -0.481 e. The summed E-state index contributed by atoms with van der Waals surface area (Å²) in [7, 11) is 0. The molecule has 15 heteroatoms. The molecule has 2 amide bonds. The number of rotatable bonds is 10. The molecule has 0 unspecified atom stereocenters. The van der Waals surface area contributed by atoms with Gasteiger partial charge >= 0.3 is 5.97 Å². The largest absolute Gasteiger partial charge is 0.481 e. The maximum atomic E-state index is 13.0. The number of carboxylic acid groups (broad SMARTS) is 1. The molecule has 2 fully saturated rings. The monoisotopic (exact) mass is 917 g/mol. The van der Waals surface area contributed by atoms with E-state index in [1.54, 1.807) is 12.3 Å². The van der Waals surface area contributed by atoms with Crippen LogP contribution in [0.2, 0.25) is 0 Å². The van der Waals surface area contributed by atoms with Gasteiger partial charge in [0.1, 0.15) is 11.4 Å². The first kappa shape index (κ1) is 47.4. The van der Waals surface area contributed by atoms with Crippen LogP contribution in [0.15, 0.2) is 67.0 Å². The molecule has 15 nitrogen and oxygen atoms in total. The Morgan fingerprint density at radius 3 is 1.85 bits per heavy atom. The summed E-state index contributed by atoms with van der Waals surface area (Å²) < 4.78 is 11.1. The van der Waals surface area contributed by atoms with E-state index in [1.165, 1.54) is 11.8 Å². The van der Waals surface area contributed by atoms with Crippen molar-refractivity contribution in [2.24, 2.45) is 10.8 Å². The Kier molecular flexibility index (Phi) is 13.7. The van der Waals surface area contributed by atoms with Crippen LogP contribution in [0.1, 0.15) is 152 Å². The minimum absolute atomic E-state index is 0.180. The number of terminal acetylenes is 2. The van der Waals surface area contributed by atoms with Crippen LogP contribution in [0, 0.1) is 35.5 Å². The third-order valence-electron chi connectivity index (χ3n) is 14.2. The summed E-state index contributed by atoms with van der Waals surface area (Å²) in [5, 5.41) is 31.3. The molecule has 6 N–H and O–H groups in total. The van der Waals surface area contributed by atoms with E-state index in [0.717, 1.165) is 84.9 Å². The standard InChI is InChI=1S/C27H30N2O4.C26H29N7O2/c1-4-18-15-23(28-17-18)24(30)29-22-6-5-20(27(25(31)32)11-13-33-14-12-27)16-21(22)19-7-9-26(2,3)10-8-19;1-4-19-16-27-22(28-19)23(34)29-21-6-5-18(15-20(21)17-7-9-25(2,3)10-8-17)26(11-13-35-14-12-26)24-30-32-33-31-24/h1,5-7,15-17,28H,8-14H2,2-3H3,(H,29,30)(H,31,32);1,5-7,15-16H,8-14H2,2-3H3,(H,27,28)(H,29,34)(H,30,31,32,33). The van der Waals surface area contributed by atoms with Crippen molar-refractivity contribution in [3.8, 4) is 24.7 Å². The third-order valence-corrected chi connectivity index (χ3v) is 14.2. The minimum atomic E-state index is -0.981. The number of aromatic nitrogens is 7. The molecule has 3 aromatic heterocycles. The number of allylic oxidation sites excluding steroid dienone is 4. The van der Waals surface area contributed by atoms with Gasteiger partial charge in [-0.15, -0.1) is 23.0 Å². The van der Waals surface area contributed by atoms with E-state index in [4.69, 9.17) is 22.3 Å². The molecule has 352 valence electrons. The highest BCUT2D eigenvalue weighted by molar-refractivity contribution is 6.05. The number of amides is 2. The van der Waals surface area contributed by atoms with Gasteiger partial charge in [0.05, 0.1) is 17.0 Å². The number of nitrogens with one attached hydrogen (secondary N) is 5. The van der Waals surface area contributed by atoms with E-state index in [9.17, 15) is 19.5 Å². The molecule has 2 aromatic carbocycles. The van der Waals surface area contributed by atoms with Gasteiger partial charge in [-0.1, -0.05) is 69.0 Å². The molecule has 4 aliphatic rings. The average molecular weight is 918 g/mol. The Labute approximate surface area is 396 Å². The second-order valence-corrected chi connectivity index (χ2v) is 19.8. The van der Waals surface area contributed by atoms with Crippen molar-refractivity contribution >= 4 is 40.3 Å². The highest BCUT2D eigenvalue weighted by atomic mass is 16.5. The number of carbonyl (C=O) groups is 3. The Balaban J connectivity index is 0.000000184. The number of hydrogen-bond acceptors (Lipinski definition) is 9. The zero-order chi connectivity index (χ0) is 48.1. The number of nitrogens with zero attached hydrogens (tertiary/aromatic N) is 4. The van der Waals surface area contributed by atoms with E-state index in [1.807, 2.05) is 30.3 Å². The number of hydrogen-bond donors (Lipinski definition) is 6. The lowest BCUT2D eigenvalue weighted by Crippen LogP contribution is -2.41. The van der Waals surface area contributed by atoms with Gasteiger partial charge in [0.15, 0.2) is 11.6 Å². The summed E-state index contributed by atoms with van der Waals surface area (Å²) in [5.74, 6) is 4.36. The summed E-state index contributed by atoms with van der Waals surface area (Å²) in [6.45, 7) is 11.1. The van der Waals surface area contributed by atoms with Crippen LogP contribution in [0.3, 0.4) is 0 Å². The fourth-order valence-corrected chi connectivity index (χ4v) is 9.64. The maximum Gasteiger partial charge on any atom is 0.314 e. The van der Waals surface area contributed by atoms with Crippen molar-refractivity contribution < 1.29 is 29.0 Å². The van der Waals surface area contributed by atoms with Gasteiger partial charge in [-0.3, -0.25) is 14.4 Å². The summed E-state index contributed by atoms with van der Waals surface area (Å²) in [4.78, 5) is 48.1. The number of tetrazole rings is 1. The summed E-state index contributed by atoms with van der Waals surface area (Å²) in [6.07, 6.45) is 26.6. The maximum absolute atomic E-state index is 13.0. The molecule has 68 heavy (non-hydrogen) atoms. The van der Waals surface area contributed by atoms with Crippen LogP contribution < -0.4 is 10.6 Å².